The summed E-state index contributed by atoms with van der Waals surface area (Å²) in [4.78, 5) is 23.3. The molecule has 0 fully saturated rings. The van der Waals surface area contributed by atoms with Gasteiger partial charge >= 0.3 is 5.97 Å². The number of hydrogen-bond acceptors (Lipinski definition) is 2. The second-order valence-electron chi connectivity index (χ2n) is 6.62. The Morgan fingerprint density at radius 2 is 1.52 bits per heavy atom. The number of hydrogen-bond donors (Lipinski definition) is 2. The summed E-state index contributed by atoms with van der Waals surface area (Å²) >= 11 is 0. The van der Waals surface area contributed by atoms with Crippen molar-refractivity contribution in [1.29, 1.82) is 0 Å². The molecular weight excluding hydrogens is 290 g/mol. The van der Waals surface area contributed by atoms with Crippen LogP contribution >= 0.6 is 0 Å². The van der Waals surface area contributed by atoms with Gasteiger partial charge in [0.2, 0.25) is 0 Å². The number of anilines is 1. The van der Waals surface area contributed by atoms with E-state index in [0.717, 1.165) is 5.56 Å². The second kappa shape index (κ2) is 6.24. The fourth-order valence-corrected chi connectivity index (χ4v) is 2.25. The zero-order chi connectivity index (χ0) is 17.2. The van der Waals surface area contributed by atoms with Crippen LogP contribution in [0.3, 0.4) is 0 Å². The number of carboxylic acids is 1. The van der Waals surface area contributed by atoms with Crippen LogP contribution in [0.1, 0.15) is 52.6 Å². The van der Waals surface area contributed by atoms with E-state index in [9.17, 15) is 9.59 Å². The van der Waals surface area contributed by atoms with E-state index in [1.54, 1.807) is 31.2 Å². The summed E-state index contributed by atoms with van der Waals surface area (Å²) in [7, 11) is 0. The summed E-state index contributed by atoms with van der Waals surface area (Å²) in [6.45, 7) is 8.13. The Morgan fingerprint density at radius 1 is 0.957 bits per heavy atom. The summed E-state index contributed by atoms with van der Waals surface area (Å²) in [5.41, 5.74) is 3.30. The third-order valence-corrected chi connectivity index (χ3v) is 3.73. The van der Waals surface area contributed by atoms with Gasteiger partial charge in [0.25, 0.3) is 5.91 Å². The molecule has 120 valence electrons. The number of carboxylic acid groups (broad SMARTS) is 1. The van der Waals surface area contributed by atoms with Gasteiger partial charge < -0.3 is 10.4 Å². The molecule has 4 nitrogen and oxygen atoms in total. The number of carbonyl (C=O) groups is 2. The van der Waals surface area contributed by atoms with Gasteiger partial charge in [0.15, 0.2) is 0 Å². The van der Waals surface area contributed by atoms with Crippen LogP contribution in [0, 0.1) is 6.92 Å². The molecule has 1 amide bonds. The van der Waals surface area contributed by atoms with Crippen molar-refractivity contribution in [2.45, 2.75) is 33.1 Å². The zero-order valence-corrected chi connectivity index (χ0v) is 13.8. The number of nitrogens with one attached hydrogen (secondary N) is 1. The molecule has 2 rings (SSSR count). The van der Waals surface area contributed by atoms with Crippen LogP contribution in [0.4, 0.5) is 5.69 Å². The van der Waals surface area contributed by atoms with Gasteiger partial charge in [-0.15, -0.1) is 0 Å². The van der Waals surface area contributed by atoms with Crippen molar-refractivity contribution in [2.75, 3.05) is 5.32 Å². The average Bonchev–Trinajstić information content (AvgIpc) is 2.48. The van der Waals surface area contributed by atoms with Gasteiger partial charge in [0.1, 0.15) is 0 Å². The van der Waals surface area contributed by atoms with Crippen molar-refractivity contribution in [2.24, 2.45) is 0 Å². The predicted octanol–water partition coefficient (Wildman–Crippen LogP) is 4.24. The Balaban J connectivity index is 2.17. The molecule has 2 N–H and O–H groups in total. The maximum Gasteiger partial charge on any atom is 0.335 e. The summed E-state index contributed by atoms with van der Waals surface area (Å²) < 4.78 is 0. The summed E-state index contributed by atoms with van der Waals surface area (Å²) in [5, 5.41) is 11.8. The molecule has 0 spiro atoms. The van der Waals surface area contributed by atoms with Gasteiger partial charge in [-0.3, -0.25) is 4.79 Å². The highest BCUT2D eigenvalue weighted by Crippen LogP contribution is 2.23. The van der Waals surface area contributed by atoms with E-state index in [-0.39, 0.29) is 16.9 Å². The molecule has 0 saturated heterocycles. The van der Waals surface area contributed by atoms with Crippen LogP contribution < -0.4 is 5.32 Å². The lowest BCUT2D eigenvalue weighted by atomic mass is 9.86. The first-order valence-corrected chi connectivity index (χ1v) is 7.44. The quantitative estimate of drug-likeness (QED) is 0.891. The highest BCUT2D eigenvalue weighted by molar-refractivity contribution is 6.05. The maximum absolute atomic E-state index is 12.3. The number of amides is 1. The Bertz CT molecular complexity index is 740. The maximum atomic E-state index is 12.3. The number of aromatic carboxylic acids is 1. The van der Waals surface area contributed by atoms with Crippen LogP contribution in [0.5, 0.6) is 0 Å². The van der Waals surface area contributed by atoms with E-state index in [1.165, 1.54) is 6.07 Å². The van der Waals surface area contributed by atoms with Crippen molar-refractivity contribution in [3.05, 3.63) is 64.7 Å². The van der Waals surface area contributed by atoms with Gasteiger partial charge in [-0.2, -0.15) is 0 Å². The van der Waals surface area contributed by atoms with Crippen LogP contribution in [0.2, 0.25) is 0 Å². The zero-order valence-electron chi connectivity index (χ0n) is 13.8. The lowest BCUT2D eigenvalue weighted by molar-refractivity contribution is 0.0696. The number of aryl methyl sites for hydroxylation is 1. The molecule has 0 aliphatic heterocycles. The summed E-state index contributed by atoms with van der Waals surface area (Å²) in [6.07, 6.45) is 0. The van der Waals surface area contributed by atoms with E-state index in [1.807, 2.05) is 12.1 Å². The van der Waals surface area contributed by atoms with Gasteiger partial charge in [0, 0.05) is 11.3 Å². The molecule has 2 aromatic rings. The molecule has 2 aromatic carbocycles. The van der Waals surface area contributed by atoms with Crippen LogP contribution in [-0.2, 0) is 5.41 Å². The summed E-state index contributed by atoms with van der Waals surface area (Å²) in [6, 6.07) is 12.1. The molecule has 0 aliphatic carbocycles. The van der Waals surface area contributed by atoms with Crippen molar-refractivity contribution >= 4 is 17.6 Å². The first-order valence-electron chi connectivity index (χ1n) is 7.44. The Kier molecular flexibility index (Phi) is 4.55. The minimum Gasteiger partial charge on any atom is -0.478 e. The van der Waals surface area contributed by atoms with Crippen LogP contribution in [0.15, 0.2) is 42.5 Å². The molecule has 0 aliphatic rings. The second-order valence-corrected chi connectivity index (χ2v) is 6.62. The highest BCUT2D eigenvalue weighted by Gasteiger charge is 2.15. The Hall–Kier alpha value is -2.62. The van der Waals surface area contributed by atoms with Gasteiger partial charge in [-0.1, -0.05) is 32.9 Å². The average molecular weight is 311 g/mol. The van der Waals surface area contributed by atoms with E-state index < -0.39 is 5.97 Å². The number of rotatable bonds is 3. The largest absolute Gasteiger partial charge is 0.478 e. The molecule has 0 bridgehead atoms. The molecule has 0 unspecified atom stereocenters. The standard InChI is InChI=1S/C19H21NO3/c1-12-11-14(18(22)23)7-10-16(12)20-17(21)13-5-8-15(9-6-13)19(2,3)4/h5-11H,1-4H3,(H,20,21)(H,22,23). The molecule has 0 heterocycles. The van der Waals surface area contributed by atoms with Crippen molar-refractivity contribution in [3.63, 3.8) is 0 Å². The van der Waals surface area contributed by atoms with Crippen LogP contribution in [0.25, 0.3) is 0 Å². The fourth-order valence-electron chi connectivity index (χ4n) is 2.25. The van der Waals surface area contributed by atoms with Gasteiger partial charge in [-0.05, 0) is 53.8 Å². The van der Waals surface area contributed by atoms with Crippen molar-refractivity contribution in [3.8, 4) is 0 Å². The normalized spacial score (nSPS) is 11.1. The minimum absolute atomic E-state index is 0.0399. The lowest BCUT2D eigenvalue weighted by Crippen LogP contribution is -2.15. The molecule has 0 atom stereocenters. The fraction of sp³-hybridized carbons (Fsp3) is 0.263. The third kappa shape index (κ3) is 3.97. The molecule has 0 radical (unpaired) electrons. The smallest absolute Gasteiger partial charge is 0.335 e. The van der Waals surface area contributed by atoms with Gasteiger partial charge in [-0.25, -0.2) is 4.79 Å². The Labute approximate surface area is 136 Å². The molecule has 0 saturated carbocycles. The minimum atomic E-state index is -0.983. The third-order valence-electron chi connectivity index (χ3n) is 3.73. The summed E-state index contributed by atoms with van der Waals surface area (Å²) in [5.74, 6) is -1.19. The first kappa shape index (κ1) is 16.7. The molecule has 4 heteroatoms. The van der Waals surface area contributed by atoms with E-state index in [0.29, 0.717) is 16.8 Å². The van der Waals surface area contributed by atoms with Crippen LogP contribution in [-0.4, -0.2) is 17.0 Å². The Morgan fingerprint density at radius 3 is 2.00 bits per heavy atom. The topological polar surface area (TPSA) is 66.4 Å². The number of benzene rings is 2. The van der Waals surface area contributed by atoms with E-state index in [4.69, 9.17) is 5.11 Å². The first-order chi connectivity index (χ1) is 10.7. The lowest BCUT2D eigenvalue weighted by Gasteiger charge is -2.19. The molecule has 23 heavy (non-hydrogen) atoms. The van der Waals surface area contributed by atoms with Crippen molar-refractivity contribution < 1.29 is 14.7 Å². The monoisotopic (exact) mass is 311 g/mol. The highest BCUT2D eigenvalue weighted by atomic mass is 16.4. The molecular formula is C19H21NO3. The van der Waals surface area contributed by atoms with Gasteiger partial charge in [0.05, 0.1) is 5.56 Å². The SMILES string of the molecule is Cc1cc(C(=O)O)ccc1NC(=O)c1ccc(C(C)(C)C)cc1. The van der Waals surface area contributed by atoms with E-state index in [2.05, 4.69) is 26.1 Å². The predicted molar refractivity (Wildman–Crippen MR) is 91.2 cm³/mol. The molecule has 0 aromatic heterocycles. The number of carbonyl (C=O) groups excluding carboxylic acids is 1. The van der Waals surface area contributed by atoms with E-state index >= 15 is 0 Å². The van der Waals surface area contributed by atoms with Crippen molar-refractivity contribution in [1.82, 2.24) is 0 Å².